The van der Waals surface area contributed by atoms with Crippen LogP contribution in [0.3, 0.4) is 0 Å². The predicted molar refractivity (Wildman–Crippen MR) is 72.4 cm³/mol. The zero-order valence-electron chi connectivity index (χ0n) is 9.62. The SMILES string of the molecule is NC1CCCc2sc(-c3ccc(F)cc3Cl)nc21. The molecule has 1 aromatic heterocycles. The third-order valence-electron chi connectivity index (χ3n) is 3.16. The molecule has 0 spiro atoms. The molecule has 18 heavy (non-hydrogen) atoms. The number of halogens is 2. The van der Waals surface area contributed by atoms with Crippen LogP contribution in [0, 0.1) is 5.82 Å². The lowest BCUT2D eigenvalue weighted by Crippen LogP contribution is -2.16. The highest BCUT2D eigenvalue weighted by Crippen LogP contribution is 2.38. The first-order valence-electron chi connectivity index (χ1n) is 5.86. The summed E-state index contributed by atoms with van der Waals surface area (Å²) in [5, 5.41) is 1.23. The topological polar surface area (TPSA) is 38.9 Å². The van der Waals surface area contributed by atoms with E-state index in [0.717, 1.165) is 35.5 Å². The van der Waals surface area contributed by atoms with Gasteiger partial charge in [-0.1, -0.05) is 11.6 Å². The Morgan fingerprint density at radius 3 is 3.00 bits per heavy atom. The van der Waals surface area contributed by atoms with Gasteiger partial charge in [-0.05, 0) is 37.5 Å². The number of hydrogen-bond donors (Lipinski definition) is 1. The molecule has 5 heteroatoms. The molecule has 1 aliphatic carbocycles. The van der Waals surface area contributed by atoms with Gasteiger partial charge in [-0.2, -0.15) is 0 Å². The van der Waals surface area contributed by atoms with E-state index < -0.39 is 0 Å². The van der Waals surface area contributed by atoms with Crippen molar-refractivity contribution in [2.24, 2.45) is 5.73 Å². The smallest absolute Gasteiger partial charge is 0.125 e. The van der Waals surface area contributed by atoms with Crippen LogP contribution in [-0.4, -0.2) is 4.98 Å². The number of hydrogen-bond acceptors (Lipinski definition) is 3. The van der Waals surface area contributed by atoms with Gasteiger partial charge in [0.05, 0.1) is 10.7 Å². The fraction of sp³-hybridized carbons (Fsp3) is 0.308. The quantitative estimate of drug-likeness (QED) is 0.860. The van der Waals surface area contributed by atoms with Crippen LogP contribution in [0.1, 0.15) is 29.5 Å². The van der Waals surface area contributed by atoms with Gasteiger partial charge in [0.15, 0.2) is 0 Å². The lowest BCUT2D eigenvalue weighted by Gasteiger charge is -2.15. The summed E-state index contributed by atoms with van der Waals surface area (Å²) in [5.74, 6) is -0.332. The highest BCUT2D eigenvalue weighted by atomic mass is 35.5. The molecule has 0 radical (unpaired) electrons. The van der Waals surface area contributed by atoms with E-state index in [1.54, 1.807) is 17.4 Å². The van der Waals surface area contributed by atoms with E-state index in [4.69, 9.17) is 17.3 Å². The Kier molecular flexibility index (Phi) is 3.09. The third kappa shape index (κ3) is 2.05. The molecule has 3 rings (SSSR count). The van der Waals surface area contributed by atoms with Gasteiger partial charge in [-0.15, -0.1) is 11.3 Å². The normalized spacial score (nSPS) is 18.7. The van der Waals surface area contributed by atoms with Crippen LogP contribution in [0.15, 0.2) is 18.2 Å². The number of aromatic nitrogens is 1. The molecule has 0 bridgehead atoms. The average molecular weight is 283 g/mol. The fourth-order valence-corrected chi connectivity index (χ4v) is 3.76. The Morgan fingerprint density at radius 1 is 1.44 bits per heavy atom. The summed E-state index contributed by atoms with van der Waals surface area (Å²) in [5.41, 5.74) is 7.82. The molecule has 1 aromatic carbocycles. The molecule has 0 saturated carbocycles. The van der Waals surface area contributed by atoms with Gasteiger partial charge in [-0.3, -0.25) is 0 Å². The van der Waals surface area contributed by atoms with E-state index in [1.807, 2.05) is 0 Å². The molecule has 94 valence electrons. The van der Waals surface area contributed by atoms with Crippen molar-refractivity contribution in [3.8, 4) is 10.6 Å². The van der Waals surface area contributed by atoms with Gasteiger partial charge >= 0.3 is 0 Å². The molecule has 0 aliphatic heterocycles. The zero-order valence-corrected chi connectivity index (χ0v) is 11.2. The monoisotopic (exact) mass is 282 g/mol. The number of thiazole rings is 1. The van der Waals surface area contributed by atoms with Crippen LogP contribution in [0.4, 0.5) is 4.39 Å². The fourth-order valence-electron chi connectivity index (χ4n) is 2.23. The van der Waals surface area contributed by atoms with Crippen molar-refractivity contribution >= 4 is 22.9 Å². The minimum atomic E-state index is -0.332. The lowest BCUT2D eigenvalue weighted by molar-refractivity contribution is 0.564. The second-order valence-corrected chi connectivity index (χ2v) is 5.94. The van der Waals surface area contributed by atoms with Crippen molar-refractivity contribution in [1.29, 1.82) is 0 Å². The van der Waals surface area contributed by atoms with Gasteiger partial charge in [0.25, 0.3) is 0 Å². The number of nitrogens with two attached hydrogens (primary N) is 1. The largest absolute Gasteiger partial charge is 0.323 e. The molecule has 2 nitrogen and oxygen atoms in total. The summed E-state index contributed by atoms with van der Waals surface area (Å²) in [6, 6.07) is 4.42. The van der Waals surface area contributed by atoms with Crippen LogP contribution in [0.2, 0.25) is 5.02 Å². The molecule has 2 N–H and O–H groups in total. The van der Waals surface area contributed by atoms with E-state index in [2.05, 4.69) is 4.98 Å². The summed E-state index contributed by atoms with van der Waals surface area (Å²) in [6.45, 7) is 0. The number of aryl methyl sites for hydroxylation is 1. The molecular weight excluding hydrogens is 271 g/mol. The summed E-state index contributed by atoms with van der Waals surface area (Å²) < 4.78 is 13.0. The Bertz CT molecular complexity index is 597. The summed E-state index contributed by atoms with van der Waals surface area (Å²) in [4.78, 5) is 5.82. The molecular formula is C13H12ClFN2S. The van der Waals surface area contributed by atoms with E-state index in [-0.39, 0.29) is 11.9 Å². The maximum atomic E-state index is 13.0. The van der Waals surface area contributed by atoms with Gasteiger partial charge in [0.2, 0.25) is 0 Å². The Hall–Kier alpha value is -0.970. The Balaban J connectivity index is 2.07. The van der Waals surface area contributed by atoms with Gasteiger partial charge in [0.1, 0.15) is 10.8 Å². The molecule has 2 aromatic rings. The third-order valence-corrected chi connectivity index (χ3v) is 4.64. The second-order valence-electron chi connectivity index (χ2n) is 4.45. The van der Waals surface area contributed by atoms with E-state index >= 15 is 0 Å². The van der Waals surface area contributed by atoms with Crippen molar-refractivity contribution in [1.82, 2.24) is 4.98 Å². The highest BCUT2D eigenvalue weighted by molar-refractivity contribution is 7.15. The molecule has 0 saturated heterocycles. The van der Waals surface area contributed by atoms with Crippen molar-refractivity contribution < 1.29 is 4.39 Å². The van der Waals surface area contributed by atoms with E-state index in [1.165, 1.54) is 17.0 Å². The van der Waals surface area contributed by atoms with Crippen LogP contribution in [0.25, 0.3) is 10.6 Å². The van der Waals surface area contributed by atoms with E-state index in [9.17, 15) is 4.39 Å². The van der Waals surface area contributed by atoms with E-state index in [0.29, 0.717) is 5.02 Å². The number of benzene rings is 1. The number of fused-ring (bicyclic) bond motifs is 1. The predicted octanol–water partition coefficient (Wildman–Crippen LogP) is 3.94. The highest BCUT2D eigenvalue weighted by Gasteiger charge is 2.22. The molecule has 1 atom stereocenters. The van der Waals surface area contributed by atoms with Crippen LogP contribution >= 0.6 is 22.9 Å². The first kappa shape index (κ1) is 12.1. The zero-order chi connectivity index (χ0) is 12.7. The van der Waals surface area contributed by atoms with Crippen LogP contribution in [-0.2, 0) is 6.42 Å². The first-order valence-corrected chi connectivity index (χ1v) is 7.05. The first-order chi connectivity index (χ1) is 8.65. The van der Waals surface area contributed by atoms with Crippen molar-refractivity contribution in [3.63, 3.8) is 0 Å². The van der Waals surface area contributed by atoms with Crippen LogP contribution in [0.5, 0.6) is 0 Å². The minimum absolute atomic E-state index is 0.0259. The van der Waals surface area contributed by atoms with Crippen molar-refractivity contribution in [3.05, 3.63) is 39.6 Å². The minimum Gasteiger partial charge on any atom is -0.323 e. The lowest BCUT2D eigenvalue weighted by atomic mass is 9.99. The summed E-state index contributed by atoms with van der Waals surface area (Å²) in [6.07, 6.45) is 3.11. The molecule has 1 heterocycles. The second kappa shape index (κ2) is 4.61. The number of nitrogens with zero attached hydrogens (tertiary/aromatic N) is 1. The molecule has 1 aliphatic rings. The molecule has 0 amide bonds. The van der Waals surface area contributed by atoms with Crippen molar-refractivity contribution in [2.45, 2.75) is 25.3 Å². The Labute approximate surface area is 114 Å². The molecule has 1 unspecified atom stereocenters. The summed E-state index contributed by atoms with van der Waals surface area (Å²) in [7, 11) is 0. The maximum absolute atomic E-state index is 13.0. The standard InChI is InChI=1S/C13H12ClFN2S/c14-9-6-7(15)4-5-8(9)13-17-12-10(16)2-1-3-11(12)18-13/h4-6,10H,1-3,16H2. The molecule has 0 fully saturated rings. The van der Waals surface area contributed by atoms with Gasteiger partial charge in [-0.25, -0.2) is 9.37 Å². The van der Waals surface area contributed by atoms with Crippen LogP contribution < -0.4 is 5.73 Å². The number of rotatable bonds is 1. The van der Waals surface area contributed by atoms with Gasteiger partial charge < -0.3 is 5.73 Å². The summed E-state index contributed by atoms with van der Waals surface area (Å²) >= 11 is 7.67. The Morgan fingerprint density at radius 2 is 2.28 bits per heavy atom. The van der Waals surface area contributed by atoms with Gasteiger partial charge in [0, 0.05) is 16.5 Å². The average Bonchev–Trinajstić information content (AvgIpc) is 2.74. The van der Waals surface area contributed by atoms with Crippen molar-refractivity contribution in [2.75, 3.05) is 0 Å². The maximum Gasteiger partial charge on any atom is 0.125 e.